The van der Waals surface area contributed by atoms with Crippen LogP contribution in [0.25, 0.3) is 11.3 Å². The predicted molar refractivity (Wildman–Crippen MR) is 146 cm³/mol. The SMILES string of the molecule is CF.O=C(CN(O)O)N1CCN(C(=O)c2ccc(Nc3nccc(-c4ccc(Cl)cc4)n3)cc2)CC1.O=C(O)C(F)F. The fourth-order valence-electron chi connectivity index (χ4n) is 3.59. The molecule has 1 fully saturated rings. The standard InChI is InChI=1S/C23H23ClN6O4.C2H2F2O2.CH3F/c24-18-5-1-16(2-6-18)20-9-10-25-23(27-20)26-19-7-3-17(4-8-19)22(32)29-13-11-28(12-14-29)21(31)15-30(33)34;3-1(4)2(5)6;1-2/h1-10,33-34H,11-15H2,(H,25,26,27);1H,(H,5,6);1H3. The molecule has 2 heterocycles. The fraction of sp³-hybridized carbons (Fsp3) is 0.269. The van der Waals surface area contributed by atoms with Crippen LogP contribution in [-0.4, -0.2) is 105 Å². The van der Waals surface area contributed by atoms with E-state index in [1.54, 1.807) is 47.5 Å². The molecular formula is C26H28ClF3N6O6. The molecule has 1 saturated heterocycles. The summed E-state index contributed by atoms with van der Waals surface area (Å²) in [6.07, 6.45) is -1.56. The molecule has 4 N–H and O–H groups in total. The lowest BCUT2D eigenvalue weighted by atomic mass is 10.1. The van der Waals surface area contributed by atoms with Gasteiger partial charge in [0.1, 0.15) is 6.54 Å². The highest BCUT2D eigenvalue weighted by Gasteiger charge is 2.25. The first kappa shape index (κ1) is 33.9. The number of carbonyl (C=O) groups excluding carboxylic acids is 2. The number of hydrogen-bond donors (Lipinski definition) is 4. The van der Waals surface area contributed by atoms with Crippen molar-refractivity contribution in [1.82, 2.24) is 25.0 Å². The minimum atomic E-state index is -3.23. The normalized spacial score (nSPS) is 12.6. The summed E-state index contributed by atoms with van der Waals surface area (Å²) in [5, 5.41) is 28.5. The van der Waals surface area contributed by atoms with E-state index in [4.69, 9.17) is 31.9 Å². The zero-order valence-electron chi connectivity index (χ0n) is 22.2. The summed E-state index contributed by atoms with van der Waals surface area (Å²) >= 11 is 5.95. The van der Waals surface area contributed by atoms with Gasteiger partial charge in [-0.25, -0.2) is 14.8 Å². The Morgan fingerprint density at radius 1 is 0.952 bits per heavy atom. The molecule has 0 unspecified atom stereocenters. The molecule has 2 amide bonds. The number of aliphatic carboxylic acids is 1. The van der Waals surface area contributed by atoms with E-state index in [-0.39, 0.29) is 11.1 Å². The molecule has 4 rings (SSSR count). The average Bonchev–Trinajstić information content (AvgIpc) is 2.99. The predicted octanol–water partition coefficient (Wildman–Crippen LogP) is 3.83. The number of anilines is 2. The van der Waals surface area contributed by atoms with Gasteiger partial charge in [-0.15, -0.1) is 0 Å². The highest BCUT2D eigenvalue weighted by atomic mass is 35.5. The molecule has 0 radical (unpaired) electrons. The summed E-state index contributed by atoms with van der Waals surface area (Å²) in [7, 11) is 0.500. The van der Waals surface area contributed by atoms with E-state index in [0.29, 0.717) is 49.9 Å². The van der Waals surface area contributed by atoms with Crippen LogP contribution in [0.5, 0.6) is 0 Å². The highest BCUT2D eigenvalue weighted by Crippen LogP contribution is 2.22. The number of aromatic nitrogens is 2. The Labute approximate surface area is 243 Å². The van der Waals surface area contributed by atoms with E-state index >= 15 is 0 Å². The van der Waals surface area contributed by atoms with Gasteiger partial charge in [0, 0.05) is 54.2 Å². The Kier molecular flexibility index (Phi) is 13.6. The first-order chi connectivity index (χ1) is 20.0. The number of hydroxylamine groups is 2. The summed E-state index contributed by atoms with van der Waals surface area (Å²) in [6, 6.07) is 16.2. The van der Waals surface area contributed by atoms with Crippen LogP contribution in [-0.2, 0) is 9.59 Å². The van der Waals surface area contributed by atoms with Crippen molar-refractivity contribution in [2.45, 2.75) is 6.43 Å². The number of carboxylic acid groups (broad SMARTS) is 1. The van der Waals surface area contributed by atoms with E-state index < -0.39 is 24.8 Å². The molecule has 2 aromatic carbocycles. The second-order valence-electron chi connectivity index (χ2n) is 8.32. The summed E-state index contributed by atoms with van der Waals surface area (Å²) in [6.45, 7) is 0.896. The van der Waals surface area contributed by atoms with E-state index in [1.165, 1.54) is 4.90 Å². The monoisotopic (exact) mass is 612 g/mol. The maximum Gasteiger partial charge on any atom is 0.371 e. The van der Waals surface area contributed by atoms with Gasteiger partial charge in [-0.2, -0.15) is 8.78 Å². The molecule has 0 bridgehead atoms. The Balaban J connectivity index is 0.000000686. The molecule has 3 aromatic rings. The Hall–Kier alpha value is -4.31. The molecule has 42 heavy (non-hydrogen) atoms. The quantitative estimate of drug-likeness (QED) is 0.289. The fourth-order valence-corrected chi connectivity index (χ4v) is 3.71. The van der Waals surface area contributed by atoms with Crippen molar-refractivity contribution >= 4 is 41.0 Å². The van der Waals surface area contributed by atoms with Gasteiger partial charge < -0.3 is 20.2 Å². The molecule has 0 aliphatic carbocycles. The van der Waals surface area contributed by atoms with Crippen molar-refractivity contribution < 1.29 is 43.1 Å². The maximum atomic E-state index is 12.8. The van der Waals surface area contributed by atoms with Crippen molar-refractivity contribution in [2.24, 2.45) is 0 Å². The maximum absolute atomic E-state index is 12.8. The molecule has 1 aliphatic heterocycles. The third-order valence-electron chi connectivity index (χ3n) is 5.57. The molecule has 226 valence electrons. The van der Waals surface area contributed by atoms with Gasteiger partial charge in [0.05, 0.1) is 12.9 Å². The number of nitrogens with one attached hydrogen (secondary N) is 1. The first-order valence-electron chi connectivity index (χ1n) is 12.1. The van der Waals surface area contributed by atoms with Crippen molar-refractivity contribution in [2.75, 3.05) is 45.2 Å². The first-order valence-corrected chi connectivity index (χ1v) is 12.5. The number of carboxylic acids is 1. The zero-order chi connectivity index (χ0) is 31.2. The smallest absolute Gasteiger partial charge is 0.371 e. The molecule has 12 nitrogen and oxygen atoms in total. The van der Waals surface area contributed by atoms with Crippen LogP contribution >= 0.6 is 11.6 Å². The second kappa shape index (κ2) is 16.8. The van der Waals surface area contributed by atoms with Crippen molar-refractivity contribution in [3.63, 3.8) is 0 Å². The topological polar surface area (TPSA) is 159 Å². The minimum Gasteiger partial charge on any atom is -0.477 e. The number of halogens is 4. The van der Waals surface area contributed by atoms with E-state index in [0.717, 1.165) is 16.9 Å². The van der Waals surface area contributed by atoms with Crippen LogP contribution in [0.4, 0.5) is 24.8 Å². The van der Waals surface area contributed by atoms with Gasteiger partial charge in [-0.3, -0.25) is 24.4 Å². The van der Waals surface area contributed by atoms with E-state index in [1.807, 2.05) is 18.2 Å². The van der Waals surface area contributed by atoms with Crippen LogP contribution in [0, 0.1) is 0 Å². The molecule has 0 saturated carbocycles. The van der Waals surface area contributed by atoms with Crippen LogP contribution < -0.4 is 5.32 Å². The van der Waals surface area contributed by atoms with Crippen LogP contribution in [0.2, 0.25) is 5.02 Å². The van der Waals surface area contributed by atoms with Crippen LogP contribution in [0.3, 0.4) is 0 Å². The van der Waals surface area contributed by atoms with Gasteiger partial charge in [-0.05, 0) is 42.5 Å². The van der Waals surface area contributed by atoms with Crippen molar-refractivity contribution in [3.05, 3.63) is 71.4 Å². The van der Waals surface area contributed by atoms with Gasteiger partial charge in [-0.1, -0.05) is 29.0 Å². The molecule has 1 aromatic heterocycles. The third kappa shape index (κ3) is 10.6. The number of nitrogens with zero attached hydrogens (tertiary/aromatic N) is 5. The largest absolute Gasteiger partial charge is 0.477 e. The number of rotatable bonds is 7. The third-order valence-corrected chi connectivity index (χ3v) is 5.82. The van der Waals surface area contributed by atoms with Crippen LogP contribution in [0.15, 0.2) is 60.8 Å². The Morgan fingerprint density at radius 2 is 1.50 bits per heavy atom. The zero-order valence-corrected chi connectivity index (χ0v) is 23.0. The number of hydrogen-bond acceptors (Lipinski definition) is 9. The van der Waals surface area contributed by atoms with Crippen molar-refractivity contribution in [3.8, 4) is 11.3 Å². The molecule has 1 aliphatic rings. The van der Waals surface area contributed by atoms with E-state index in [2.05, 4.69) is 15.3 Å². The van der Waals surface area contributed by atoms with E-state index in [9.17, 15) is 22.8 Å². The molecule has 16 heteroatoms. The summed E-state index contributed by atoms with van der Waals surface area (Å²) in [5.74, 6) is -2.19. The lowest BCUT2D eigenvalue weighted by molar-refractivity contribution is -0.302. The minimum absolute atomic E-state index is 0.134. The lowest BCUT2D eigenvalue weighted by Gasteiger charge is -2.35. The Bertz CT molecular complexity index is 1310. The summed E-state index contributed by atoms with van der Waals surface area (Å²) in [5.41, 5.74) is 2.93. The highest BCUT2D eigenvalue weighted by molar-refractivity contribution is 6.30. The number of carbonyl (C=O) groups is 3. The number of amides is 2. The lowest BCUT2D eigenvalue weighted by Crippen LogP contribution is -2.52. The van der Waals surface area contributed by atoms with Crippen molar-refractivity contribution in [1.29, 1.82) is 0 Å². The number of benzene rings is 2. The molecule has 0 atom stereocenters. The number of alkyl halides is 3. The Morgan fingerprint density at radius 3 is 2.02 bits per heavy atom. The average molecular weight is 613 g/mol. The van der Waals surface area contributed by atoms with Gasteiger partial charge in [0.15, 0.2) is 0 Å². The summed E-state index contributed by atoms with van der Waals surface area (Å²) < 4.78 is 30.6. The second-order valence-corrected chi connectivity index (χ2v) is 8.75. The molecule has 0 spiro atoms. The van der Waals surface area contributed by atoms with Gasteiger partial charge >= 0.3 is 12.4 Å². The van der Waals surface area contributed by atoms with Gasteiger partial charge in [0.25, 0.3) is 5.91 Å². The van der Waals surface area contributed by atoms with Gasteiger partial charge in [0.2, 0.25) is 11.9 Å². The van der Waals surface area contributed by atoms with Crippen LogP contribution in [0.1, 0.15) is 10.4 Å². The summed E-state index contributed by atoms with van der Waals surface area (Å²) in [4.78, 5) is 45.6. The number of piperazine rings is 1. The molecular weight excluding hydrogens is 585 g/mol.